The van der Waals surface area contributed by atoms with E-state index in [1.165, 1.54) is 0 Å². The molecule has 0 fully saturated rings. The van der Waals surface area contributed by atoms with Gasteiger partial charge in [-0.3, -0.25) is 9.59 Å². The number of carbonyl (C=O) groups excluding carboxylic acids is 1. The maximum atomic E-state index is 12.7. The number of alkyl halides is 1. The Morgan fingerprint density at radius 1 is 1.18 bits per heavy atom. The number of carboxylic acids is 1. The number of Topliss-reactive ketones (excluding diaryl/α,β-unsaturated/α-hetero) is 1. The molecule has 0 heterocycles. The first-order valence-electron chi connectivity index (χ1n) is 7.41. The van der Waals surface area contributed by atoms with E-state index in [1.807, 2.05) is 13.0 Å². The summed E-state index contributed by atoms with van der Waals surface area (Å²) in [6.45, 7) is 2.62. The minimum atomic E-state index is -1.31. The number of ketones is 1. The zero-order valence-electron chi connectivity index (χ0n) is 12.9. The van der Waals surface area contributed by atoms with Gasteiger partial charge >= 0.3 is 5.97 Å². The minimum absolute atomic E-state index is 0.0306. The molecular weight excluding hydrogens is 287 g/mol. The third kappa shape index (κ3) is 5.22. The van der Waals surface area contributed by atoms with Crippen LogP contribution in [0, 0.1) is 17.8 Å². The molecule has 1 rings (SSSR count). The number of aliphatic carboxylic acids is 1. The number of carboxylic acid groups (broad SMARTS) is 1. The van der Waals surface area contributed by atoms with Gasteiger partial charge in [0.15, 0.2) is 5.78 Å². The Bertz CT molecular complexity index is 489. The monoisotopic (exact) mass is 310 g/mol. The lowest BCUT2D eigenvalue weighted by Gasteiger charge is -2.26. The van der Waals surface area contributed by atoms with Gasteiger partial charge in [-0.25, -0.2) is 4.39 Å². The predicted octanol–water partition coefficient (Wildman–Crippen LogP) is 2.95. The van der Waals surface area contributed by atoms with Gasteiger partial charge in [-0.1, -0.05) is 44.2 Å². The molecule has 1 aromatic carbocycles. The van der Waals surface area contributed by atoms with Crippen molar-refractivity contribution in [3.63, 3.8) is 0 Å². The van der Waals surface area contributed by atoms with E-state index < -0.39 is 24.7 Å². The second kappa shape index (κ2) is 8.63. The first-order valence-corrected chi connectivity index (χ1v) is 7.41. The van der Waals surface area contributed by atoms with Crippen LogP contribution in [-0.2, 0) is 4.79 Å². The standard InChI is InChI=1S/C17H23FO4/c1-11(8-14(9-16(20)21)15(19)10-18)12(2)17(22)13-6-4-3-5-7-13/h3-7,11-12,14-15,19H,8-10H2,1-2H3,(H,20,21). The molecule has 0 aromatic heterocycles. The van der Waals surface area contributed by atoms with Crippen molar-refractivity contribution in [3.8, 4) is 0 Å². The fourth-order valence-corrected chi connectivity index (χ4v) is 2.53. The van der Waals surface area contributed by atoms with Gasteiger partial charge in [0.2, 0.25) is 0 Å². The van der Waals surface area contributed by atoms with Crippen LogP contribution >= 0.6 is 0 Å². The van der Waals surface area contributed by atoms with Gasteiger partial charge in [0.25, 0.3) is 0 Å². The molecule has 22 heavy (non-hydrogen) atoms. The molecular formula is C17H23FO4. The van der Waals surface area contributed by atoms with Crippen LogP contribution in [0.25, 0.3) is 0 Å². The summed E-state index contributed by atoms with van der Waals surface area (Å²) >= 11 is 0. The highest BCUT2D eigenvalue weighted by Crippen LogP contribution is 2.27. The summed E-state index contributed by atoms with van der Waals surface area (Å²) in [6.07, 6.45) is -1.32. The topological polar surface area (TPSA) is 74.6 Å². The fraction of sp³-hybridized carbons (Fsp3) is 0.529. The second-order valence-electron chi connectivity index (χ2n) is 5.81. The lowest BCUT2D eigenvalue weighted by molar-refractivity contribution is -0.139. The molecule has 0 amide bonds. The van der Waals surface area contributed by atoms with Crippen molar-refractivity contribution in [2.75, 3.05) is 6.67 Å². The van der Waals surface area contributed by atoms with Crippen molar-refractivity contribution in [2.24, 2.45) is 17.8 Å². The van der Waals surface area contributed by atoms with E-state index in [-0.39, 0.29) is 30.5 Å². The summed E-state index contributed by atoms with van der Waals surface area (Å²) in [4.78, 5) is 23.2. The summed E-state index contributed by atoms with van der Waals surface area (Å²) in [5.74, 6) is -2.28. The van der Waals surface area contributed by atoms with Crippen LogP contribution in [0.5, 0.6) is 0 Å². The van der Waals surface area contributed by atoms with Gasteiger partial charge in [-0.2, -0.15) is 0 Å². The van der Waals surface area contributed by atoms with Gasteiger partial charge in [0.05, 0.1) is 12.5 Å². The van der Waals surface area contributed by atoms with E-state index in [0.29, 0.717) is 5.56 Å². The number of rotatable bonds is 9. The van der Waals surface area contributed by atoms with Gasteiger partial charge in [0, 0.05) is 11.5 Å². The van der Waals surface area contributed by atoms with Crippen LogP contribution in [0.2, 0.25) is 0 Å². The Hall–Kier alpha value is -1.75. The normalized spacial score (nSPS) is 16.5. The van der Waals surface area contributed by atoms with Gasteiger partial charge in [-0.05, 0) is 18.3 Å². The van der Waals surface area contributed by atoms with Crippen molar-refractivity contribution in [2.45, 2.75) is 32.8 Å². The number of benzene rings is 1. The number of carbonyl (C=O) groups is 2. The van der Waals surface area contributed by atoms with E-state index in [0.717, 1.165) is 0 Å². The molecule has 4 atom stereocenters. The van der Waals surface area contributed by atoms with Crippen LogP contribution in [-0.4, -0.2) is 34.7 Å². The number of halogens is 1. The molecule has 0 spiro atoms. The minimum Gasteiger partial charge on any atom is -0.481 e. The molecule has 5 heteroatoms. The van der Waals surface area contributed by atoms with E-state index in [2.05, 4.69) is 0 Å². The van der Waals surface area contributed by atoms with Crippen molar-refractivity contribution in [1.82, 2.24) is 0 Å². The highest BCUT2D eigenvalue weighted by molar-refractivity contribution is 5.97. The predicted molar refractivity (Wildman–Crippen MR) is 81.4 cm³/mol. The number of hydrogen-bond donors (Lipinski definition) is 2. The van der Waals surface area contributed by atoms with Crippen molar-refractivity contribution in [1.29, 1.82) is 0 Å². The molecule has 0 aliphatic heterocycles. The largest absolute Gasteiger partial charge is 0.481 e. The molecule has 4 unspecified atom stereocenters. The molecule has 4 nitrogen and oxygen atoms in total. The first kappa shape index (κ1) is 18.3. The van der Waals surface area contributed by atoms with E-state index >= 15 is 0 Å². The van der Waals surface area contributed by atoms with E-state index in [1.54, 1.807) is 31.2 Å². The quantitative estimate of drug-likeness (QED) is 0.688. The SMILES string of the molecule is CC(CC(CC(=O)O)C(O)CF)C(C)C(=O)c1ccccc1. The van der Waals surface area contributed by atoms with Crippen LogP contribution < -0.4 is 0 Å². The summed E-state index contributed by atoms with van der Waals surface area (Å²) in [5, 5.41) is 18.5. The maximum absolute atomic E-state index is 12.7. The molecule has 0 radical (unpaired) electrons. The van der Waals surface area contributed by atoms with Crippen molar-refractivity contribution in [3.05, 3.63) is 35.9 Å². The van der Waals surface area contributed by atoms with Crippen LogP contribution in [0.1, 0.15) is 37.0 Å². The first-order chi connectivity index (χ1) is 10.4. The number of aliphatic hydroxyl groups excluding tert-OH is 1. The molecule has 0 saturated carbocycles. The molecule has 0 aliphatic rings. The van der Waals surface area contributed by atoms with E-state index in [9.17, 15) is 19.1 Å². The van der Waals surface area contributed by atoms with Crippen LogP contribution in [0.4, 0.5) is 4.39 Å². The van der Waals surface area contributed by atoms with Gasteiger partial charge in [-0.15, -0.1) is 0 Å². The lowest BCUT2D eigenvalue weighted by Crippen LogP contribution is -2.30. The number of aliphatic hydroxyl groups is 1. The average Bonchev–Trinajstić information content (AvgIpc) is 2.52. The Labute approximate surface area is 130 Å². The van der Waals surface area contributed by atoms with Crippen molar-refractivity contribution < 1.29 is 24.2 Å². The van der Waals surface area contributed by atoms with Crippen LogP contribution in [0.3, 0.4) is 0 Å². The average molecular weight is 310 g/mol. The van der Waals surface area contributed by atoms with Crippen molar-refractivity contribution >= 4 is 11.8 Å². The summed E-state index contributed by atoms with van der Waals surface area (Å²) in [6, 6.07) is 8.86. The highest BCUT2D eigenvalue weighted by Gasteiger charge is 2.29. The van der Waals surface area contributed by atoms with Gasteiger partial charge in [0.1, 0.15) is 6.67 Å². The molecule has 2 N–H and O–H groups in total. The zero-order chi connectivity index (χ0) is 16.7. The molecule has 0 bridgehead atoms. The smallest absolute Gasteiger partial charge is 0.303 e. The Morgan fingerprint density at radius 3 is 2.27 bits per heavy atom. The zero-order valence-corrected chi connectivity index (χ0v) is 12.9. The highest BCUT2D eigenvalue weighted by atomic mass is 19.1. The van der Waals surface area contributed by atoms with E-state index in [4.69, 9.17) is 5.11 Å². The third-order valence-electron chi connectivity index (χ3n) is 4.14. The molecule has 1 aromatic rings. The Morgan fingerprint density at radius 2 is 1.77 bits per heavy atom. The molecule has 122 valence electrons. The Balaban J connectivity index is 2.74. The molecule has 0 saturated heterocycles. The third-order valence-corrected chi connectivity index (χ3v) is 4.14. The molecule has 0 aliphatic carbocycles. The summed E-state index contributed by atoms with van der Waals surface area (Å²) in [5.41, 5.74) is 0.600. The lowest BCUT2D eigenvalue weighted by atomic mass is 9.80. The Kier molecular flexibility index (Phi) is 7.18. The fourth-order valence-electron chi connectivity index (χ4n) is 2.53. The summed E-state index contributed by atoms with van der Waals surface area (Å²) < 4.78 is 12.7. The van der Waals surface area contributed by atoms with Crippen LogP contribution in [0.15, 0.2) is 30.3 Å². The maximum Gasteiger partial charge on any atom is 0.303 e. The second-order valence-corrected chi connectivity index (χ2v) is 5.81. The number of hydrogen-bond acceptors (Lipinski definition) is 3. The van der Waals surface area contributed by atoms with Gasteiger partial charge < -0.3 is 10.2 Å². The summed E-state index contributed by atoms with van der Waals surface area (Å²) in [7, 11) is 0.